The second-order valence-corrected chi connectivity index (χ2v) is 8.31. The Labute approximate surface area is 154 Å². The Hall–Kier alpha value is -1.72. The van der Waals surface area contributed by atoms with E-state index >= 15 is 0 Å². The van der Waals surface area contributed by atoms with Gasteiger partial charge in [0.05, 0.1) is 20.8 Å². The van der Waals surface area contributed by atoms with Gasteiger partial charge in [-0.05, 0) is 62.1 Å². The van der Waals surface area contributed by atoms with E-state index in [2.05, 4.69) is 18.0 Å². The third-order valence-corrected chi connectivity index (χ3v) is 7.36. The van der Waals surface area contributed by atoms with Gasteiger partial charge in [0.2, 0.25) is 0 Å². The van der Waals surface area contributed by atoms with Crippen LogP contribution in [0, 0.1) is 23.2 Å². The molecule has 5 atom stereocenters. The van der Waals surface area contributed by atoms with Crippen molar-refractivity contribution in [2.75, 3.05) is 34.4 Å². The Balaban J connectivity index is 1.77. The zero-order chi connectivity index (χ0) is 18.2. The third-order valence-electron chi connectivity index (χ3n) is 7.36. The number of ether oxygens (including phenoxy) is 2. The standard InChI is InChI=1S/C21H27NO4/c1-22-7-6-21-9-15(26-3)16-12(10-23)17(16)19(21)13(22)8-11-4-5-14(25-2)20(24)18(11)21/h5,9,11-13,16,23-24H,4,6-8,10H2,1-3H3/t11?,12?,13?,16-,21-/m1/s1. The fraction of sp³-hybridized carbons (Fsp3) is 0.619. The number of rotatable bonds is 3. The van der Waals surface area contributed by atoms with Crippen LogP contribution >= 0.6 is 0 Å². The average Bonchev–Trinajstić information content (AvgIpc) is 3.38. The van der Waals surface area contributed by atoms with Gasteiger partial charge in [0.25, 0.3) is 0 Å². The molecular weight excluding hydrogens is 330 g/mol. The van der Waals surface area contributed by atoms with Gasteiger partial charge in [0.1, 0.15) is 5.76 Å². The Morgan fingerprint density at radius 1 is 1.27 bits per heavy atom. The summed E-state index contributed by atoms with van der Waals surface area (Å²) in [5, 5.41) is 21.0. The van der Waals surface area contributed by atoms with E-state index in [-0.39, 0.29) is 23.9 Å². The first-order chi connectivity index (χ1) is 12.6. The first-order valence-corrected chi connectivity index (χ1v) is 9.57. The van der Waals surface area contributed by atoms with Gasteiger partial charge < -0.3 is 19.7 Å². The number of piperidine rings is 1. The number of fused-ring (bicyclic) bond motifs is 2. The van der Waals surface area contributed by atoms with Crippen molar-refractivity contribution in [2.45, 2.75) is 25.3 Å². The van der Waals surface area contributed by atoms with Crippen molar-refractivity contribution in [1.29, 1.82) is 0 Å². The molecule has 1 saturated heterocycles. The maximum absolute atomic E-state index is 11.1. The smallest absolute Gasteiger partial charge is 0.157 e. The van der Waals surface area contributed by atoms with Gasteiger partial charge in [0.15, 0.2) is 11.5 Å². The summed E-state index contributed by atoms with van der Waals surface area (Å²) in [6.07, 6.45) is 7.14. The number of methoxy groups -OCH3 is 2. The number of hydrogen-bond donors (Lipinski definition) is 2. The van der Waals surface area contributed by atoms with Crippen LogP contribution in [0.1, 0.15) is 19.3 Å². The van der Waals surface area contributed by atoms with E-state index in [1.165, 1.54) is 11.1 Å². The molecule has 0 aromatic heterocycles. The van der Waals surface area contributed by atoms with Crippen LogP contribution in [0.4, 0.5) is 0 Å². The van der Waals surface area contributed by atoms with Crippen LogP contribution in [0.5, 0.6) is 0 Å². The van der Waals surface area contributed by atoms with E-state index in [1.54, 1.807) is 14.2 Å². The van der Waals surface area contributed by atoms with Gasteiger partial charge in [-0.25, -0.2) is 0 Å². The molecule has 4 aliphatic carbocycles. The number of hydrogen-bond acceptors (Lipinski definition) is 5. The third kappa shape index (κ3) is 1.83. The van der Waals surface area contributed by atoms with Crippen molar-refractivity contribution >= 4 is 0 Å². The van der Waals surface area contributed by atoms with Gasteiger partial charge in [-0.1, -0.05) is 5.57 Å². The number of nitrogens with zero attached hydrogens (tertiary/aromatic N) is 1. The molecule has 0 radical (unpaired) electrons. The molecular formula is C21H27NO4. The summed E-state index contributed by atoms with van der Waals surface area (Å²) in [5.41, 5.74) is 3.60. The maximum Gasteiger partial charge on any atom is 0.157 e. The predicted octanol–water partition coefficient (Wildman–Crippen LogP) is 2.52. The van der Waals surface area contributed by atoms with E-state index in [0.29, 0.717) is 23.5 Å². The van der Waals surface area contributed by atoms with Crippen LogP contribution in [0.25, 0.3) is 0 Å². The number of likely N-dealkylation sites (N-methyl/N-ethyl adjacent to an activating group) is 1. The van der Waals surface area contributed by atoms with E-state index in [1.807, 2.05) is 6.08 Å². The lowest BCUT2D eigenvalue weighted by molar-refractivity contribution is 0.111. The van der Waals surface area contributed by atoms with Crippen LogP contribution < -0.4 is 0 Å². The minimum absolute atomic E-state index is 0.161. The summed E-state index contributed by atoms with van der Waals surface area (Å²) < 4.78 is 11.2. The van der Waals surface area contributed by atoms with Gasteiger partial charge in [-0.3, -0.25) is 4.90 Å². The summed E-state index contributed by atoms with van der Waals surface area (Å²) in [6, 6.07) is 0.381. The van der Waals surface area contributed by atoms with Crippen LogP contribution in [0.15, 0.2) is 46.1 Å². The van der Waals surface area contributed by atoms with Gasteiger partial charge in [-0.2, -0.15) is 0 Å². The molecule has 3 unspecified atom stereocenters. The summed E-state index contributed by atoms with van der Waals surface area (Å²) in [7, 11) is 5.55. The zero-order valence-corrected chi connectivity index (χ0v) is 15.7. The highest BCUT2D eigenvalue weighted by atomic mass is 16.5. The lowest BCUT2D eigenvalue weighted by atomic mass is 9.54. The monoisotopic (exact) mass is 357 g/mol. The molecule has 2 bridgehead atoms. The molecule has 3 fully saturated rings. The second kappa shape index (κ2) is 5.40. The van der Waals surface area contributed by atoms with Crippen LogP contribution in [0.2, 0.25) is 0 Å². The van der Waals surface area contributed by atoms with Crippen molar-refractivity contribution in [3.8, 4) is 0 Å². The number of allylic oxidation sites excluding steroid dienone is 4. The summed E-state index contributed by atoms with van der Waals surface area (Å²) in [6.45, 7) is 1.15. The van der Waals surface area contributed by atoms with Crippen molar-refractivity contribution in [3.63, 3.8) is 0 Å². The highest BCUT2D eigenvalue weighted by Gasteiger charge is 2.63. The molecule has 5 nitrogen and oxygen atoms in total. The van der Waals surface area contributed by atoms with Crippen molar-refractivity contribution in [3.05, 3.63) is 46.1 Å². The molecule has 5 aliphatic rings. The molecule has 1 heterocycles. The summed E-state index contributed by atoms with van der Waals surface area (Å²) in [4.78, 5) is 2.46. The van der Waals surface area contributed by atoms with Gasteiger partial charge in [0, 0.05) is 23.3 Å². The van der Waals surface area contributed by atoms with E-state index in [9.17, 15) is 10.2 Å². The summed E-state index contributed by atoms with van der Waals surface area (Å²) >= 11 is 0. The Morgan fingerprint density at radius 3 is 2.77 bits per heavy atom. The minimum Gasteiger partial charge on any atom is -0.504 e. The van der Waals surface area contributed by atoms with E-state index in [4.69, 9.17) is 9.47 Å². The SMILES string of the molecule is COC1=CCC2CC3C4=C5C(CO)[C@@H]5C(OC)=C[C@]4(CCN3C)C2=C1O. The molecule has 0 spiro atoms. The molecule has 0 amide bonds. The minimum atomic E-state index is -0.288. The van der Waals surface area contributed by atoms with E-state index in [0.717, 1.165) is 37.1 Å². The quantitative estimate of drug-likeness (QED) is 0.760. The number of aliphatic hydroxyl groups is 2. The lowest BCUT2D eigenvalue weighted by Crippen LogP contribution is -2.54. The van der Waals surface area contributed by atoms with Gasteiger partial charge >= 0.3 is 0 Å². The molecule has 140 valence electrons. The molecule has 0 aromatic carbocycles. The molecule has 26 heavy (non-hydrogen) atoms. The molecule has 5 rings (SSSR count). The topological polar surface area (TPSA) is 62.2 Å². The fourth-order valence-electron chi connectivity index (χ4n) is 6.20. The Bertz CT molecular complexity index is 792. The fourth-order valence-corrected chi connectivity index (χ4v) is 6.20. The first kappa shape index (κ1) is 16.5. The zero-order valence-electron chi connectivity index (χ0n) is 15.7. The van der Waals surface area contributed by atoms with Crippen LogP contribution in [0.3, 0.4) is 0 Å². The highest BCUT2D eigenvalue weighted by Crippen LogP contribution is 2.68. The number of aliphatic hydroxyl groups excluding tert-OH is 2. The molecule has 2 saturated carbocycles. The predicted molar refractivity (Wildman–Crippen MR) is 97.1 cm³/mol. The van der Waals surface area contributed by atoms with Crippen LogP contribution in [-0.4, -0.2) is 55.6 Å². The maximum atomic E-state index is 11.1. The van der Waals surface area contributed by atoms with Crippen LogP contribution in [-0.2, 0) is 9.47 Å². The molecule has 0 aromatic rings. The average molecular weight is 357 g/mol. The van der Waals surface area contributed by atoms with Gasteiger partial charge in [-0.15, -0.1) is 0 Å². The van der Waals surface area contributed by atoms with Crippen molar-refractivity contribution in [1.82, 2.24) is 4.90 Å². The molecule has 1 aliphatic heterocycles. The van der Waals surface area contributed by atoms with Crippen molar-refractivity contribution in [2.24, 2.45) is 23.2 Å². The second-order valence-electron chi connectivity index (χ2n) is 8.31. The lowest BCUT2D eigenvalue weighted by Gasteiger charge is -2.56. The largest absolute Gasteiger partial charge is 0.504 e. The molecule has 5 heteroatoms. The van der Waals surface area contributed by atoms with Crippen molar-refractivity contribution < 1.29 is 19.7 Å². The highest BCUT2D eigenvalue weighted by molar-refractivity contribution is 5.60. The Kier molecular flexibility index (Phi) is 3.41. The summed E-state index contributed by atoms with van der Waals surface area (Å²) in [5.74, 6) is 2.59. The number of likely N-dealkylation sites (tertiary alicyclic amines) is 1. The van der Waals surface area contributed by atoms with E-state index < -0.39 is 0 Å². The first-order valence-electron chi connectivity index (χ1n) is 9.57. The normalized spacial score (nSPS) is 40.9. The Morgan fingerprint density at radius 2 is 2.08 bits per heavy atom. The molecule has 2 N–H and O–H groups in total.